The zero-order valence-electron chi connectivity index (χ0n) is 17.7. The Morgan fingerprint density at radius 1 is 1.03 bits per heavy atom. The molecule has 3 N–H and O–H groups in total. The van der Waals surface area contributed by atoms with Gasteiger partial charge in [0.1, 0.15) is 12.1 Å². The fourth-order valence-electron chi connectivity index (χ4n) is 3.24. The highest BCUT2D eigenvalue weighted by atomic mass is 16.6. The van der Waals surface area contributed by atoms with Crippen molar-refractivity contribution in [2.24, 2.45) is 0 Å². The van der Waals surface area contributed by atoms with Crippen molar-refractivity contribution in [2.45, 2.75) is 6.92 Å². The number of methoxy groups -OCH3 is 1. The zero-order valence-corrected chi connectivity index (χ0v) is 17.7. The Kier molecular flexibility index (Phi) is 5.94. The molecule has 2 aromatic carbocycles. The van der Waals surface area contributed by atoms with Crippen LogP contribution >= 0.6 is 0 Å². The number of ether oxygens (including phenoxy) is 1. The number of carbonyl (C=O) groups excluding carboxylic acids is 1. The van der Waals surface area contributed by atoms with Crippen LogP contribution in [0.4, 0.5) is 23.0 Å². The molecular formula is C22H19N7O4. The predicted octanol–water partition coefficient (Wildman–Crippen LogP) is 3.75. The molecule has 0 radical (unpaired) electrons. The summed E-state index contributed by atoms with van der Waals surface area (Å²) < 4.78 is 5.17. The summed E-state index contributed by atoms with van der Waals surface area (Å²) in [6.07, 6.45) is 1.15. The van der Waals surface area contributed by atoms with E-state index in [4.69, 9.17) is 4.74 Å². The second-order valence-electron chi connectivity index (χ2n) is 6.91. The molecule has 11 nitrogen and oxygen atoms in total. The Morgan fingerprint density at radius 2 is 1.82 bits per heavy atom. The van der Waals surface area contributed by atoms with Gasteiger partial charge in [-0.2, -0.15) is 0 Å². The van der Waals surface area contributed by atoms with Gasteiger partial charge in [0.2, 0.25) is 11.6 Å². The molecule has 0 aliphatic heterocycles. The summed E-state index contributed by atoms with van der Waals surface area (Å²) in [4.78, 5) is 36.2. The summed E-state index contributed by atoms with van der Waals surface area (Å²) in [5.41, 5.74) is 6.92. The average Bonchev–Trinajstić information content (AvgIpc) is 2.82. The molecule has 0 spiro atoms. The Balaban J connectivity index is 1.63. The number of rotatable bonds is 7. The normalized spacial score (nSPS) is 10.5. The number of para-hydroxylation sites is 1. The molecule has 166 valence electrons. The molecule has 0 aliphatic carbocycles. The fraction of sp³-hybridized carbons (Fsp3) is 0.0909. The number of pyridine rings is 1. The smallest absolute Gasteiger partial charge is 0.355 e. The van der Waals surface area contributed by atoms with E-state index in [1.165, 1.54) is 7.11 Å². The molecule has 33 heavy (non-hydrogen) atoms. The van der Waals surface area contributed by atoms with Crippen LogP contribution in [-0.2, 0) is 0 Å². The number of hydrazine groups is 1. The second-order valence-corrected chi connectivity index (χ2v) is 6.91. The Hall–Kier alpha value is -4.80. The number of hydrogen-bond acceptors (Lipinski definition) is 9. The molecule has 0 saturated heterocycles. The number of fused-ring (bicyclic) bond motifs is 1. The van der Waals surface area contributed by atoms with Gasteiger partial charge in [-0.3, -0.25) is 30.7 Å². The highest BCUT2D eigenvalue weighted by Gasteiger charge is 2.24. The van der Waals surface area contributed by atoms with Crippen molar-refractivity contribution in [1.29, 1.82) is 0 Å². The van der Waals surface area contributed by atoms with E-state index in [0.29, 0.717) is 11.4 Å². The lowest BCUT2D eigenvalue weighted by Gasteiger charge is -2.13. The highest BCUT2D eigenvalue weighted by molar-refractivity contribution is 5.98. The van der Waals surface area contributed by atoms with Crippen LogP contribution in [0.25, 0.3) is 10.9 Å². The Labute approximate surface area is 188 Å². The number of carbonyl (C=O) groups is 1. The van der Waals surface area contributed by atoms with Gasteiger partial charge >= 0.3 is 5.69 Å². The third-order valence-electron chi connectivity index (χ3n) is 4.78. The van der Waals surface area contributed by atoms with Crippen molar-refractivity contribution in [2.75, 3.05) is 17.9 Å². The number of anilines is 3. The number of nitrogens with zero attached hydrogens (tertiary/aromatic N) is 4. The number of nitrogens with one attached hydrogen (secondary N) is 3. The molecule has 0 atom stereocenters. The van der Waals surface area contributed by atoms with E-state index in [9.17, 15) is 14.9 Å². The first-order valence-electron chi connectivity index (χ1n) is 9.80. The number of amides is 1. The summed E-state index contributed by atoms with van der Waals surface area (Å²) in [6.45, 7) is 1.88. The highest BCUT2D eigenvalue weighted by Crippen LogP contribution is 2.33. The van der Waals surface area contributed by atoms with Crippen molar-refractivity contribution in [1.82, 2.24) is 20.4 Å². The molecule has 4 rings (SSSR count). The van der Waals surface area contributed by atoms with Gasteiger partial charge in [-0.05, 0) is 43.3 Å². The zero-order chi connectivity index (χ0) is 23.4. The molecule has 0 bridgehead atoms. The first-order chi connectivity index (χ1) is 16.0. The van der Waals surface area contributed by atoms with Crippen LogP contribution in [0.3, 0.4) is 0 Å². The van der Waals surface area contributed by atoms with Crippen molar-refractivity contribution >= 4 is 39.8 Å². The number of nitro groups is 1. The van der Waals surface area contributed by atoms with Crippen molar-refractivity contribution < 1.29 is 14.5 Å². The predicted molar refractivity (Wildman–Crippen MR) is 123 cm³/mol. The maximum atomic E-state index is 12.5. The summed E-state index contributed by atoms with van der Waals surface area (Å²) in [7, 11) is 1.44. The largest absolute Gasteiger partial charge is 0.496 e. The number of aromatic nitrogens is 3. The topological polar surface area (TPSA) is 144 Å². The molecule has 0 unspecified atom stereocenters. The van der Waals surface area contributed by atoms with E-state index in [2.05, 4.69) is 31.1 Å². The first-order valence-corrected chi connectivity index (χ1v) is 9.80. The fourth-order valence-corrected chi connectivity index (χ4v) is 3.24. The monoisotopic (exact) mass is 445 g/mol. The summed E-state index contributed by atoms with van der Waals surface area (Å²) in [5.74, 6) is -0.423. The van der Waals surface area contributed by atoms with Crippen LogP contribution in [0, 0.1) is 17.0 Å². The minimum absolute atomic E-state index is 0.0443. The van der Waals surface area contributed by atoms with E-state index < -0.39 is 16.5 Å². The van der Waals surface area contributed by atoms with Gasteiger partial charge in [0, 0.05) is 16.8 Å². The van der Waals surface area contributed by atoms with E-state index in [1.807, 2.05) is 25.1 Å². The summed E-state index contributed by atoms with van der Waals surface area (Å²) in [5, 5.41) is 15.6. The third kappa shape index (κ3) is 4.46. The second kappa shape index (κ2) is 9.14. The first kappa shape index (κ1) is 21.4. The van der Waals surface area contributed by atoms with E-state index in [1.54, 1.807) is 36.4 Å². The molecule has 0 aliphatic rings. The van der Waals surface area contributed by atoms with Crippen LogP contribution in [0.2, 0.25) is 0 Å². The van der Waals surface area contributed by atoms with Crippen molar-refractivity contribution in [3.05, 3.63) is 82.3 Å². The molecule has 2 aromatic heterocycles. The van der Waals surface area contributed by atoms with Gasteiger partial charge in [-0.15, -0.1) is 0 Å². The number of hydrogen-bond donors (Lipinski definition) is 3. The maximum absolute atomic E-state index is 12.5. The molecule has 1 amide bonds. The number of benzene rings is 2. The standard InChI is InChI=1S/C22H19N7O4/c1-13-10-11-14-16(25-13)7-5-8-17(14)26-20-19(29(31)32)21(24-12-23-20)27-28-22(30)15-6-3-4-9-18(15)33-2/h3-12H,1-2H3,(H,28,30)(H2,23,24,26,27). The van der Waals surface area contributed by atoms with Crippen LogP contribution < -0.4 is 20.9 Å². The summed E-state index contributed by atoms with van der Waals surface area (Å²) >= 11 is 0. The molecule has 0 saturated carbocycles. The van der Waals surface area contributed by atoms with Crippen molar-refractivity contribution in [3.8, 4) is 5.75 Å². The molecule has 0 fully saturated rings. The minimum Gasteiger partial charge on any atom is -0.496 e. The maximum Gasteiger partial charge on any atom is 0.355 e. The van der Waals surface area contributed by atoms with Gasteiger partial charge in [0.25, 0.3) is 5.91 Å². The third-order valence-corrected chi connectivity index (χ3v) is 4.78. The minimum atomic E-state index is -0.631. The van der Waals surface area contributed by atoms with Gasteiger partial charge in [0.05, 0.1) is 23.1 Å². The Bertz CT molecular complexity index is 1360. The van der Waals surface area contributed by atoms with Gasteiger partial charge < -0.3 is 10.1 Å². The van der Waals surface area contributed by atoms with Gasteiger partial charge in [-0.1, -0.05) is 18.2 Å². The number of aryl methyl sites for hydroxylation is 1. The van der Waals surface area contributed by atoms with Gasteiger partial charge in [0.15, 0.2) is 0 Å². The lowest BCUT2D eigenvalue weighted by atomic mass is 10.1. The average molecular weight is 445 g/mol. The lowest BCUT2D eigenvalue weighted by Crippen LogP contribution is -2.30. The van der Waals surface area contributed by atoms with Gasteiger partial charge in [-0.25, -0.2) is 9.97 Å². The van der Waals surface area contributed by atoms with E-state index >= 15 is 0 Å². The lowest BCUT2D eigenvalue weighted by molar-refractivity contribution is -0.383. The van der Waals surface area contributed by atoms with E-state index in [0.717, 1.165) is 22.9 Å². The molecule has 11 heteroatoms. The SMILES string of the molecule is COc1ccccc1C(=O)NNc1ncnc(Nc2cccc3nc(C)ccc23)c1[N+](=O)[O-]. The Morgan fingerprint density at radius 3 is 2.61 bits per heavy atom. The van der Waals surface area contributed by atoms with Crippen LogP contribution in [-0.4, -0.2) is 32.9 Å². The van der Waals surface area contributed by atoms with Crippen LogP contribution in [0.15, 0.2) is 60.9 Å². The van der Waals surface area contributed by atoms with Crippen molar-refractivity contribution in [3.63, 3.8) is 0 Å². The molecule has 2 heterocycles. The van der Waals surface area contributed by atoms with Crippen LogP contribution in [0.1, 0.15) is 16.1 Å². The van der Waals surface area contributed by atoms with Crippen LogP contribution in [0.5, 0.6) is 5.75 Å². The quantitative estimate of drug-likeness (QED) is 0.286. The summed E-state index contributed by atoms with van der Waals surface area (Å²) in [6, 6.07) is 15.7. The molecule has 4 aromatic rings. The molecular weight excluding hydrogens is 426 g/mol. The van der Waals surface area contributed by atoms with E-state index in [-0.39, 0.29) is 17.2 Å².